The second kappa shape index (κ2) is 4.37. The van der Waals surface area contributed by atoms with E-state index in [-0.39, 0.29) is 0 Å². The van der Waals surface area contributed by atoms with Gasteiger partial charge in [-0.3, -0.25) is 0 Å². The van der Waals surface area contributed by atoms with Crippen LogP contribution in [0.5, 0.6) is 0 Å². The van der Waals surface area contributed by atoms with E-state index in [0.29, 0.717) is 6.04 Å². The number of aryl methyl sites for hydroxylation is 1. The van der Waals surface area contributed by atoms with Crippen LogP contribution in [0.2, 0.25) is 0 Å². The van der Waals surface area contributed by atoms with Gasteiger partial charge in [0.2, 0.25) is 0 Å². The van der Waals surface area contributed by atoms with Gasteiger partial charge in [-0.2, -0.15) is 0 Å². The smallest absolute Gasteiger partial charge is 0.184 e. The molecule has 2 aromatic rings. The molecule has 3 nitrogen and oxygen atoms in total. The van der Waals surface area contributed by atoms with Gasteiger partial charge in [0.1, 0.15) is 5.00 Å². The largest absolute Gasteiger partial charge is 0.389 e. The van der Waals surface area contributed by atoms with Crippen molar-refractivity contribution >= 4 is 21.5 Å². The van der Waals surface area contributed by atoms with E-state index in [9.17, 15) is 0 Å². The SMILES string of the molecule is Nc1cnc(NC2CCc3ccccc3C2)s1. The maximum absolute atomic E-state index is 5.68. The lowest BCUT2D eigenvalue weighted by molar-refractivity contribution is 0.610. The van der Waals surface area contributed by atoms with E-state index in [4.69, 9.17) is 5.73 Å². The van der Waals surface area contributed by atoms with Crippen molar-refractivity contribution in [2.75, 3.05) is 11.1 Å². The van der Waals surface area contributed by atoms with E-state index in [1.807, 2.05) is 0 Å². The van der Waals surface area contributed by atoms with Crippen molar-refractivity contribution in [2.24, 2.45) is 0 Å². The van der Waals surface area contributed by atoms with E-state index in [1.54, 1.807) is 6.20 Å². The van der Waals surface area contributed by atoms with E-state index in [2.05, 4.69) is 34.6 Å². The van der Waals surface area contributed by atoms with Crippen LogP contribution in [0.15, 0.2) is 30.5 Å². The molecule has 17 heavy (non-hydrogen) atoms. The van der Waals surface area contributed by atoms with Crippen LogP contribution in [0, 0.1) is 0 Å². The summed E-state index contributed by atoms with van der Waals surface area (Å²) >= 11 is 1.52. The first-order valence-electron chi connectivity index (χ1n) is 5.86. The van der Waals surface area contributed by atoms with Crippen molar-refractivity contribution in [3.05, 3.63) is 41.6 Å². The van der Waals surface area contributed by atoms with Gasteiger partial charge in [0.25, 0.3) is 0 Å². The molecule has 3 N–H and O–H groups in total. The van der Waals surface area contributed by atoms with Gasteiger partial charge in [-0.25, -0.2) is 4.98 Å². The summed E-state index contributed by atoms with van der Waals surface area (Å²) in [6.45, 7) is 0. The van der Waals surface area contributed by atoms with Crippen LogP contribution in [-0.2, 0) is 12.8 Å². The normalized spacial score (nSPS) is 18.7. The predicted molar refractivity (Wildman–Crippen MR) is 72.4 cm³/mol. The Hall–Kier alpha value is -1.55. The molecule has 3 rings (SSSR count). The summed E-state index contributed by atoms with van der Waals surface area (Å²) in [6.07, 6.45) is 5.10. The third-order valence-electron chi connectivity index (χ3n) is 3.20. The zero-order valence-corrected chi connectivity index (χ0v) is 10.3. The van der Waals surface area contributed by atoms with E-state index < -0.39 is 0 Å². The number of hydrogen-bond donors (Lipinski definition) is 2. The maximum atomic E-state index is 5.68. The quantitative estimate of drug-likeness (QED) is 0.855. The fourth-order valence-electron chi connectivity index (χ4n) is 2.35. The lowest BCUT2D eigenvalue weighted by atomic mass is 9.88. The van der Waals surface area contributed by atoms with Gasteiger partial charge in [0.15, 0.2) is 5.13 Å². The Morgan fingerprint density at radius 2 is 2.12 bits per heavy atom. The van der Waals surface area contributed by atoms with Crippen LogP contribution in [0.3, 0.4) is 0 Å². The predicted octanol–water partition coefficient (Wildman–Crippen LogP) is 2.69. The minimum Gasteiger partial charge on any atom is -0.389 e. The van der Waals surface area contributed by atoms with Gasteiger partial charge in [0, 0.05) is 6.04 Å². The summed E-state index contributed by atoms with van der Waals surface area (Å²) in [7, 11) is 0. The minimum atomic E-state index is 0.482. The number of rotatable bonds is 2. The number of nitrogens with zero attached hydrogens (tertiary/aromatic N) is 1. The standard InChI is InChI=1S/C13H15N3S/c14-12-8-15-13(17-12)16-11-6-5-9-3-1-2-4-10(9)7-11/h1-4,8,11H,5-7,14H2,(H,15,16). The molecule has 0 amide bonds. The Labute approximate surface area is 105 Å². The summed E-state index contributed by atoms with van der Waals surface area (Å²) in [5.41, 5.74) is 8.63. The molecule has 0 bridgehead atoms. The highest BCUT2D eigenvalue weighted by Gasteiger charge is 2.18. The summed E-state index contributed by atoms with van der Waals surface area (Å²) < 4.78 is 0. The van der Waals surface area contributed by atoms with Crippen molar-refractivity contribution in [3.63, 3.8) is 0 Å². The third-order valence-corrected chi connectivity index (χ3v) is 3.96. The van der Waals surface area contributed by atoms with Crippen LogP contribution in [0.25, 0.3) is 0 Å². The van der Waals surface area contributed by atoms with Crippen molar-refractivity contribution in [2.45, 2.75) is 25.3 Å². The van der Waals surface area contributed by atoms with Gasteiger partial charge in [-0.15, -0.1) is 0 Å². The number of aromatic nitrogens is 1. The Kier molecular flexibility index (Phi) is 2.73. The van der Waals surface area contributed by atoms with Crippen molar-refractivity contribution in [3.8, 4) is 0 Å². The van der Waals surface area contributed by atoms with Crippen LogP contribution in [0.4, 0.5) is 10.1 Å². The summed E-state index contributed by atoms with van der Waals surface area (Å²) in [6, 6.07) is 9.17. The second-order valence-corrected chi connectivity index (χ2v) is 5.48. The molecule has 1 atom stereocenters. The number of hydrogen-bond acceptors (Lipinski definition) is 4. The van der Waals surface area contributed by atoms with Gasteiger partial charge >= 0.3 is 0 Å². The van der Waals surface area contributed by atoms with Gasteiger partial charge < -0.3 is 11.1 Å². The molecule has 1 aliphatic rings. The van der Waals surface area contributed by atoms with Crippen LogP contribution < -0.4 is 11.1 Å². The molecule has 1 heterocycles. The number of anilines is 2. The molecular formula is C13H15N3S. The molecule has 0 aliphatic heterocycles. The summed E-state index contributed by atoms with van der Waals surface area (Å²) in [4.78, 5) is 4.25. The zero-order valence-electron chi connectivity index (χ0n) is 9.52. The van der Waals surface area contributed by atoms with Gasteiger partial charge in [0.05, 0.1) is 6.20 Å². The molecule has 1 aliphatic carbocycles. The average Bonchev–Trinajstić information content (AvgIpc) is 2.75. The first-order valence-corrected chi connectivity index (χ1v) is 6.67. The number of fused-ring (bicyclic) bond motifs is 1. The molecule has 1 aromatic carbocycles. The van der Waals surface area contributed by atoms with Crippen LogP contribution >= 0.6 is 11.3 Å². The van der Waals surface area contributed by atoms with Crippen LogP contribution in [0.1, 0.15) is 17.5 Å². The number of benzene rings is 1. The molecule has 0 fully saturated rings. The Bertz CT molecular complexity index is 521. The minimum absolute atomic E-state index is 0.482. The van der Waals surface area contributed by atoms with E-state index >= 15 is 0 Å². The van der Waals surface area contributed by atoms with Gasteiger partial charge in [-0.1, -0.05) is 35.6 Å². The second-order valence-electron chi connectivity index (χ2n) is 4.42. The fraction of sp³-hybridized carbons (Fsp3) is 0.308. The fourth-order valence-corrected chi connectivity index (χ4v) is 3.01. The topological polar surface area (TPSA) is 50.9 Å². The maximum Gasteiger partial charge on any atom is 0.184 e. The molecule has 88 valence electrons. The first kappa shape index (κ1) is 10.6. The molecule has 1 unspecified atom stereocenters. The molecule has 0 saturated heterocycles. The molecule has 0 saturated carbocycles. The van der Waals surface area contributed by atoms with Crippen molar-refractivity contribution in [1.29, 1.82) is 0 Å². The molecular weight excluding hydrogens is 230 g/mol. The van der Waals surface area contributed by atoms with Gasteiger partial charge in [-0.05, 0) is 30.4 Å². The van der Waals surface area contributed by atoms with Crippen LogP contribution in [-0.4, -0.2) is 11.0 Å². The van der Waals surface area contributed by atoms with Crippen molar-refractivity contribution < 1.29 is 0 Å². The Balaban J connectivity index is 1.72. The third kappa shape index (κ3) is 2.26. The lowest BCUT2D eigenvalue weighted by Crippen LogP contribution is -2.27. The monoisotopic (exact) mass is 245 g/mol. The summed E-state index contributed by atoms with van der Waals surface area (Å²) in [5, 5.41) is 5.17. The number of nitrogens with one attached hydrogen (secondary N) is 1. The number of thiazole rings is 1. The molecule has 4 heteroatoms. The molecule has 0 spiro atoms. The number of nitrogens with two attached hydrogens (primary N) is 1. The van der Waals surface area contributed by atoms with E-state index in [0.717, 1.165) is 29.4 Å². The Morgan fingerprint density at radius 1 is 1.29 bits per heavy atom. The van der Waals surface area contributed by atoms with Crippen molar-refractivity contribution in [1.82, 2.24) is 4.98 Å². The Morgan fingerprint density at radius 3 is 2.88 bits per heavy atom. The summed E-state index contributed by atoms with van der Waals surface area (Å²) in [5.74, 6) is 0. The number of nitrogen functional groups attached to an aromatic ring is 1. The lowest BCUT2D eigenvalue weighted by Gasteiger charge is -2.25. The average molecular weight is 245 g/mol. The molecule has 0 radical (unpaired) electrons. The highest BCUT2D eigenvalue weighted by molar-refractivity contribution is 7.19. The zero-order chi connectivity index (χ0) is 11.7. The van der Waals surface area contributed by atoms with E-state index in [1.165, 1.54) is 22.5 Å². The first-order chi connectivity index (χ1) is 8.31. The highest BCUT2D eigenvalue weighted by Crippen LogP contribution is 2.26. The molecule has 1 aromatic heterocycles. The highest BCUT2D eigenvalue weighted by atomic mass is 32.1.